The Morgan fingerprint density at radius 1 is 1.06 bits per heavy atom. The summed E-state index contributed by atoms with van der Waals surface area (Å²) >= 11 is 0. The average Bonchev–Trinajstić information content (AvgIpc) is 3.13. The van der Waals surface area contributed by atoms with Gasteiger partial charge in [0, 0.05) is 13.1 Å². The van der Waals surface area contributed by atoms with Crippen LogP contribution < -0.4 is 10.2 Å². The highest BCUT2D eigenvalue weighted by Crippen LogP contribution is 2.39. The van der Waals surface area contributed by atoms with Crippen LogP contribution in [0.3, 0.4) is 0 Å². The van der Waals surface area contributed by atoms with E-state index in [1.807, 2.05) is 50.2 Å². The summed E-state index contributed by atoms with van der Waals surface area (Å²) in [6, 6.07) is 11.0. The van der Waals surface area contributed by atoms with Crippen molar-refractivity contribution in [3.8, 4) is 5.75 Å². The van der Waals surface area contributed by atoms with Crippen LogP contribution in [-0.4, -0.2) is 48.5 Å². The van der Waals surface area contributed by atoms with E-state index >= 15 is 0 Å². The molecule has 4 rings (SSSR count). The summed E-state index contributed by atoms with van der Waals surface area (Å²) in [7, 11) is 0. The number of rotatable bonds is 10. The van der Waals surface area contributed by atoms with Crippen molar-refractivity contribution >= 4 is 16.9 Å². The Bertz CT molecular complexity index is 1310. The molecule has 1 amide bonds. The number of carbonyl (C=O) groups excluding carboxylic acids is 1. The van der Waals surface area contributed by atoms with E-state index in [9.17, 15) is 9.59 Å². The molecule has 0 saturated heterocycles. The molecule has 0 radical (unpaired) electrons. The number of aryl methyl sites for hydroxylation is 2. The second-order valence-electron chi connectivity index (χ2n) is 10.1. The summed E-state index contributed by atoms with van der Waals surface area (Å²) in [6.45, 7) is 16.2. The maximum atomic E-state index is 13.9. The van der Waals surface area contributed by atoms with E-state index in [-0.39, 0.29) is 17.1 Å². The first-order valence-electron chi connectivity index (χ1n) is 13.1. The van der Waals surface area contributed by atoms with E-state index in [0.717, 1.165) is 48.5 Å². The van der Waals surface area contributed by atoms with Gasteiger partial charge in [-0.3, -0.25) is 9.59 Å². The SMILES string of the molecule is CCN(CC)CCN1C(=O)c2oc3cc(C)c(C)cc3c(=O)c2C1c1cccc(OCCC(C)C)c1. The van der Waals surface area contributed by atoms with Crippen molar-refractivity contribution in [1.82, 2.24) is 9.80 Å². The average molecular weight is 491 g/mol. The lowest BCUT2D eigenvalue weighted by Gasteiger charge is -2.28. The van der Waals surface area contributed by atoms with Gasteiger partial charge in [0.05, 0.1) is 23.6 Å². The van der Waals surface area contributed by atoms with Gasteiger partial charge in [0.2, 0.25) is 5.76 Å². The first-order valence-corrected chi connectivity index (χ1v) is 13.1. The molecule has 0 N–H and O–H groups in total. The molecular weight excluding hydrogens is 452 g/mol. The minimum absolute atomic E-state index is 0.135. The number of likely N-dealkylation sites (N-methyl/N-ethyl adjacent to an activating group) is 1. The van der Waals surface area contributed by atoms with Crippen molar-refractivity contribution < 1.29 is 13.9 Å². The fourth-order valence-corrected chi connectivity index (χ4v) is 4.83. The Labute approximate surface area is 213 Å². The molecule has 0 bridgehead atoms. The maximum Gasteiger partial charge on any atom is 0.290 e. The van der Waals surface area contributed by atoms with E-state index in [4.69, 9.17) is 9.15 Å². The highest BCUT2D eigenvalue weighted by Gasteiger charge is 2.42. The van der Waals surface area contributed by atoms with Gasteiger partial charge in [0.15, 0.2) is 5.43 Å². The summed E-state index contributed by atoms with van der Waals surface area (Å²) in [5.41, 5.74) is 3.66. The molecule has 1 atom stereocenters. The smallest absolute Gasteiger partial charge is 0.290 e. The summed E-state index contributed by atoms with van der Waals surface area (Å²) in [6.07, 6.45) is 0.958. The van der Waals surface area contributed by atoms with Crippen LogP contribution in [0.25, 0.3) is 11.0 Å². The molecule has 1 aliphatic rings. The van der Waals surface area contributed by atoms with Gasteiger partial charge in [-0.15, -0.1) is 0 Å². The molecule has 6 nitrogen and oxygen atoms in total. The number of carbonyl (C=O) groups is 1. The van der Waals surface area contributed by atoms with Crippen LogP contribution in [0.4, 0.5) is 0 Å². The predicted octanol–water partition coefficient (Wildman–Crippen LogP) is 5.72. The molecule has 1 unspecified atom stereocenters. The third kappa shape index (κ3) is 5.05. The summed E-state index contributed by atoms with van der Waals surface area (Å²) in [5, 5.41) is 0.518. The van der Waals surface area contributed by atoms with E-state index in [0.29, 0.717) is 35.6 Å². The molecule has 1 aliphatic heterocycles. The minimum Gasteiger partial charge on any atom is -0.494 e. The van der Waals surface area contributed by atoms with Crippen LogP contribution in [-0.2, 0) is 0 Å². The Hall–Kier alpha value is -3.12. The molecule has 3 aromatic rings. The van der Waals surface area contributed by atoms with Gasteiger partial charge in [-0.05, 0) is 80.2 Å². The number of ether oxygens (including phenoxy) is 1. The molecule has 36 heavy (non-hydrogen) atoms. The molecule has 0 fully saturated rings. The van der Waals surface area contributed by atoms with Gasteiger partial charge < -0.3 is 19.0 Å². The lowest BCUT2D eigenvalue weighted by atomic mass is 9.97. The number of hydrogen-bond acceptors (Lipinski definition) is 5. The third-order valence-electron chi connectivity index (χ3n) is 7.27. The van der Waals surface area contributed by atoms with Gasteiger partial charge in [0.25, 0.3) is 5.91 Å². The van der Waals surface area contributed by atoms with Crippen molar-refractivity contribution in [3.05, 3.63) is 74.6 Å². The van der Waals surface area contributed by atoms with Gasteiger partial charge in [-0.1, -0.05) is 39.8 Å². The van der Waals surface area contributed by atoms with Crippen LogP contribution >= 0.6 is 0 Å². The van der Waals surface area contributed by atoms with E-state index in [1.54, 1.807) is 4.90 Å². The van der Waals surface area contributed by atoms with Crippen LogP contribution in [0.2, 0.25) is 0 Å². The minimum atomic E-state index is -0.515. The first-order chi connectivity index (χ1) is 17.2. The lowest BCUT2D eigenvalue weighted by molar-refractivity contribution is 0.0708. The molecule has 0 saturated carbocycles. The predicted molar refractivity (Wildman–Crippen MR) is 144 cm³/mol. The summed E-state index contributed by atoms with van der Waals surface area (Å²) in [5.74, 6) is 1.22. The fourth-order valence-electron chi connectivity index (χ4n) is 4.83. The Balaban J connectivity index is 1.81. The second kappa shape index (κ2) is 10.9. The number of hydrogen-bond donors (Lipinski definition) is 0. The highest BCUT2D eigenvalue weighted by molar-refractivity contribution is 5.99. The van der Waals surface area contributed by atoms with E-state index < -0.39 is 6.04 Å². The molecule has 1 aromatic heterocycles. The Morgan fingerprint density at radius 2 is 1.78 bits per heavy atom. The zero-order chi connectivity index (χ0) is 26.0. The molecular formula is C30H38N2O4. The molecule has 0 aliphatic carbocycles. The number of benzene rings is 2. The van der Waals surface area contributed by atoms with Crippen molar-refractivity contribution in [2.45, 2.75) is 54.0 Å². The zero-order valence-corrected chi connectivity index (χ0v) is 22.4. The molecule has 2 heterocycles. The third-order valence-corrected chi connectivity index (χ3v) is 7.27. The number of fused-ring (bicyclic) bond motifs is 2. The molecule has 2 aromatic carbocycles. The first kappa shape index (κ1) is 26.0. The normalized spacial score (nSPS) is 15.4. The second-order valence-corrected chi connectivity index (χ2v) is 10.1. The zero-order valence-electron chi connectivity index (χ0n) is 22.4. The molecule has 6 heteroatoms. The topological polar surface area (TPSA) is 63.0 Å². The summed E-state index contributed by atoms with van der Waals surface area (Å²) < 4.78 is 12.2. The lowest BCUT2D eigenvalue weighted by Crippen LogP contribution is -2.37. The van der Waals surface area contributed by atoms with E-state index in [2.05, 4.69) is 32.6 Å². The standard InChI is InChI=1S/C30H38N2O4/c1-7-31(8-2)13-14-32-27(22-10-9-11-23(18-22)35-15-12-19(3)4)26-28(33)24-16-20(5)21(6)17-25(24)36-29(26)30(32)34/h9-11,16-19,27H,7-8,12-15H2,1-6H3. The largest absolute Gasteiger partial charge is 0.494 e. The van der Waals surface area contributed by atoms with Crippen LogP contribution in [0.15, 0.2) is 45.6 Å². The monoisotopic (exact) mass is 490 g/mol. The fraction of sp³-hybridized carbons (Fsp3) is 0.467. The quantitative estimate of drug-likeness (QED) is 0.364. The maximum absolute atomic E-state index is 13.9. The molecule has 192 valence electrons. The van der Waals surface area contributed by atoms with Crippen molar-refractivity contribution in [1.29, 1.82) is 0 Å². The van der Waals surface area contributed by atoms with Crippen molar-refractivity contribution in [2.75, 3.05) is 32.8 Å². The van der Waals surface area contributed by atoms with Gasteiger partial charge in [-0.2, -0.15) is 0 Å². The van der Waals surface area contributed by atoms with E-state index in [1.165, 1.54) is 0 Å². The molecule has 0 spiro atoms. The van der Waals surface area contributed by atoms with Gasteiger partial charge in [0.1, 0.15) is 11.3 Å². The highest BCUT2D eigenvalue weighted by atomic mass is 16.5. The van der Waals surface area contributed by atoms with Crippen LogP contribution in [0, 0.1) is 19.8 Å². The number of nitrogens with zero attached hydrogens (tertiary/aromatic N) is 2. The number of amides is 1. The van der Waals surface area contributed by atoms with Gasteiger partial charge in [-0.25, -0.2) is 0 Å². The Morgan fingerprint density at radius 3 is 2.47 bits per heavy atom. The van der Waals surface area contributed by atoms with Crippen molar-refractivity contribution in [2.24, 2.45) is 5.92 Å². The van der Waals surface area contributed by atoms with Crippen LogP contribution in [0.1, 0.15) is 73.0 Å². The van der Waals surface area contributed by atoms with Crippen molar-refractivity contribution in [3.63, 3.8) is 0 Å². The van der Waals surface area contributed by atoms with Gasteiger partial charge >= 0.3 is 0 Å². The Kier molecular flexibility index (Phi) is 7.84. The summed E-state index contributed by atoms with van der Waals surface area (Å²) in [4.78, 5) is 31.6. The van der Waals surface area contributed by atoms with Crippen LogP contribution in [0.5, 0.6) is 5.75 Å².